The number of aliphatic hydroxyl groups is 1. The van der Waals surface area contributed by atoms with E-state index in [0.29, 0.717) is 23.4 Å². The quantitative estimate of drug-likeness (QED) is 0.716. The number of aromatic nitrogens is 1. The van der Waals surface area contributed by atoms with E-state index >= 15 is 0 Å². The number of nitrogens with zero attached hydrogens (tertiary/aromatic N) is 2. The van der Waals surface area contributed by atoms with Gasteiger partial charge < -0.3 is 20.8 Å². The van der Waals surface area contributed by atoms with E-state index in [9.17, 15) is 15.1 Å². The third-order valence-corrected chi connectivity index (χ3v) is 4.34. The molecule has 2 heterocycles. The van der Waals surface area contributed by atoms with Gasteiger partial charge in [0.05, 0.1) is 36.3 Å². The number of rotatable bonds is 2. The molecule has 0 spiro atoms. The van der Waals surface area contributed by atoms with Crippen LogP contribution in [-0.4, -0.2) is 44.3 Å². The Morgan fingerprint density at radius 1 is 1.27 bits per heavy atom. The number of hydrogen-bond donors (Lipinski definition) is 3. The normalized spacial score (nSPS) is 20.4. The lowest BCUT2D eigenvalue weighted by Gasteiger charge is -2.29. The Balaban J connectivity index is 2.03. The molecule has 26 heavy (non-hydrogen) atoms. The van der Waals surface area contributed by atoms with E-state index in [2.05, 4.69) is 0 Å². The van der Waals surface area contributed by atoms with Crippen molar-refractivity contribution in [2.45, 2.75) is 44.9 Å². The van der Waals surface area contributed by atoms with Crippen molar-refractivity contribution in [2.75, 3.05) is 12.3 Å². The van der Waals surface area contributed by atoms with Crippen LogP contribution in [-0.2, 0) is 4.74 Å². The summed E-state index contributed by atoms with van der Waals surface area (Å²) >= 11 is 0. The van der Waals surface area contributed by atoms with Gasteiger partial charge in [0.25, 0.3) is 0 Å². The lowest BCUT2D eigenvalue weighted by Crippen LogP contribution is -2.37. The van der Waals surface area contributed by atoms with Gasteiger partial charge in [-0.1, -0.05) is 30.3 Å². The summed E-state index contributed by atoms with van der Waals surface area (Å²) < 4.78 is 6.41. The largest absolute Gasteiger partial charge is 0.444 e. The Bertz CT molecular complexity index is 795. The van der Waals surface area contributed by atoms with E-state index in [0.717, 1.165) is 10.3 Å². The van der Waals surface area contributed by atoms with E-state index in [4.69, 9.17) is 10.5 Å². The third kappa shape index (κ3) is 3.48. The van der Waals surface area contributed by atoms with Crippen molar-refractivity contribution in [1.82, 2.24) is 9.63 Å². The van der Waals surface area contributed by atoms with Crippen LogP contribution < -0.4 is 5.73 Å². The molecule has 0 bridgehead atoms. The van der Waals surface area contributed by atoms with E-state index in [1.54, 1.807) is 20.8 Å². The maximum absolute atomic E-state index is 12.6. The maximum atomic E-state index is 12.6. The number of hydrogen-bond acceptors (Lipinski definition) is 5. The first-order chi connectivity index (χ1) is 12.2. The first-order valence-corrected chi connectivity index (χ1v) is 8.60. The van der Waals surface area contributed by atoms with Gasteiger partial charge in [0.15, 0.2) is 0 Å². The molecule has 140 valence electrons. The molecule has 0 aliphatic carbocycles. The van der Waals surface area contributed by atoms with Crippen LogP contribution in [0.4, 0.5) is 10.5 Å². The fourth-order valence-corrected chi connectivity index (χ4v) is 3.36. The van der Waals surface area contributed by atoms with Gasteiger partial charge in [-0.05, 0) is 26.3 Å². The molecular weight excluding hydrogens is 334 g/mol. The molecule has 2 aromatic rings. The molecule has 1 aliphatic heterocycles. The summed E-state index contributed by atoms with van der Waals surface area (Å²) in [6, 6.07) is 8.88. The van der Waals surface area contributed by atoms with Gasteiger partial charge in [-0.2, -0.15) is 4.73 Å². The van der Waals surface area contributed by atoms with Gasteiger partial charge in [0.1, 0.15) is 5.60 Å². The predicted molar refractivity (Wildman–Crippen MR) is 97.8 cm³/mol. The molecule has 1 saturated heterocycles. The zero-order chi connectivity index (χ0) is 19.1. The number of amides is 1. The molecule has 7 nitrogen and oxygen atoms in total. The summed E-state index contributed by atoms with van der Waals surface area (Å²) in [6.07, 6.45) is 0.476. The monoisotopic (exact) mass is 359 g/mol. The molecular formula is C19H25N3O4. The Hall–Kier alpha value is -2.67. The van der Waals surface area contributed by atoms with Crippen molar-refractivity contribution < 1.29 is 19.8 Å². The Morgan fingerprint density at radius 3 is 2.54 bits per heavy atom. The number of carbonyl (C=O) groups is 1. The molecule has 0 saturated carbocycles. The minimum absolute atomic E-state index is 0.138. The molecule has 1 aromatic heterocycles. The molecule has 2 atom stereocenters. The van der Waals surface area contributed by atoms with Crippen molar-refractivity contribution in [3.63, 3.8) is 0 Å². The number of β-amino-alcohol motifs (C(OH)–C–C–N with tert-alkyl or cyclic N) is 1. The molecule has 7 heteroatoms. The average molecular weight is 359 g/mol. The van der Waals surface area contributed by atoms with Gasteiger partial charge in [0.2, 0.25) is 0 Å². The van der Waals surface area contributed by atoms with Crippen LogP contribution in [0.25, 0.3) is 11.1 Å². The maximum Gasteiger partial charge on any atom is 0.410 e. The predicted octanol–water partition coefficient (Wildman–Crippen LogP) is 3.02. The highest BCUT2D eigenvalue weighted by Crippen LogP contribution is 2.41. The summed E-state index contributed by atoms with van der Waals surface area (Å²) in [4.78, 5) is 14.1. The van der Waals surface area contributed by atoms with Crippen molar-refractivity contribution in [2.24, 2.45) is 0 Å². The summed E-state index contributed by atoms with van der Waals surface area (Å²) in [7, 11) is 0. The lowest BCUT2D eigenvalue weighted by molar-refractivity contribution is 0.0189. The van der Waals surface area contributed by atoms with Crippen molar-refractivity contribution in [1.29, 1.82) is 0 Å². The van der Waals surface area contributed by atoms with Gasteiger partial charge in [-0.25, -0.2) is 4.79 Å². The fraction of sp³-hybridized carbons (Fsp3) is 0.421. The number of anilines is 1. The van der Waals surface area contributed by atoms with Crippen LogP contribution in [0, 0.1) is 0 Å². The van der Waals surface area contributed by atoms with Crippen molar-refractivity contribution in [3.05, 3.63) is 42.2 Å². The number of benzene rings is 1. The number of likely N-dealkylation sites (tertiary alicyclic amines) is 1. The van der Waals surface area contributed by atoms with E-state index in [1.165, 1.54) is 11.1 Å². The second-order valence-electron chi connectivity index (χ2n) is 7.59. The molecule has 3 rings (SSSR count). The zero-order valence-electron chi connectivity index (χ0n) is 15.2. The lowest BCUT2D eigenvalue weighted by atomic mass is 9.99. The highest BCUT2D eigenvalue weighted by Gasteiger charge is 2.41. The Morgan fingerprint density at radius 2 is 1.92 bits per heavy atom. The molecule has 0 radical (unpaired) electrons. The molecule has 1 fully saturated rings. The van der Waals surface area contributed by atoms with Gasteiger partial charge in [-0.15, -0.1) is 0 Å². The first-order valence-electron chi connectivity index (χ1n) is 8.60. The van der Waals surface area contributed by atoms with Crippen molar-refractivity contribution in [3.8, 4) is 11.1 Å². The highest BCUT2D eigenvalue weighted by atomic mass is 16.6. The van der Waals surface area contributed by atoms with Crippen LogP contribution in [0.5, 0.6) is 0 Å². The topological polar surface area (TPSA) is 101 Å². The number of ether oxygens (including phenoxy) is 1. The smallest absolute Gasteiger partial charge is 0.410 e. The van der Waals surface area contributed by atoms with Crippen LogP contribution >= 0.6 is 0 Å². The fourth-order valence-electron chi connectivity index (χ4n) is 3.36. The standard InChI is InChI=1S/C19H25N3O4/c1-19(2,3)26-18(24)21-10-13(23)9-15(21)17-16(14(20)11-22(17)25)12-7-5-4-6-8-12/h4-8,11,13,15,23,25H,9-10,20H2,1-3H3. The summed E-state index contributed by atoms with van der Waals surface area (Å²) in [5.74, 6) is 0. The molecule has 4 N–H and O–H groups in total. The van der Waals surface area contributed by atoms with Gasteiger partial charge in [0, 0.05) is 12.0 Å². The summed E-state index contributed by atoms with van der Waals surface area (Å²) in [5, 5.41) is 20.6. The highest BCUT2D eigenvalue weighted by molar-refractivity contribution is 5.80. The Kier molecular flexibility index (Phi) is 4.58. The Labute approximate surface area is 152 Å². The minimum Gasteiger partial charge on any atom is -0.444 e. The van der Waals surface area contributed by atoms with E-state index in [1.807, 2.05) is 30.3 Å². The summed E-state index contributed by atoms with van der Waals surface area (Å²) in [6.45, 7) is 5.50. The zero-order valence-corrected chi connectivity index (χ0v) is 15.2. The minimum atomic E-state index is -0.702. The average Bonchev–Trinajstić information content (AvgIpc) is 3.05. The first kappa shape index (κ1) is 18.1. The number of aliphatic hydroxyl groups excluding tert-OH is 1. The number of nitrogen functional groups attached to an aromatic ring is 1. The molecule has 1 aliphatic rings. The van der Waals surface area contributed by atoms with Crippen molar-refractivity contribution >= 4 is 11.8 Å². The molecule has 1 amide bonds. The van der Waals surface area contributed by atoms with Gasteiger partial charge >= 0.3 is 6.09 Å². The molecule has 1 aromatic carbocycles. The van der Waals surface area contributed by atoms with E-state index in [-0.39, 0.29) is 6.54 Å². The SMILES string of the molecule is CC(C)(C)OC(=O)N1CC(O)CC1c1c(-c2ccccc2)c(N)cn1O. The van der Waals surface area contributed by atoms with Crippen LogP contribution in [0.2, 0.25) is 0 Å². The third-order valence-electron chi connectivity index (χ3n) is 4.34. The number of carbonyl (C=O) groups excluding carboxylic acids is 1. The number of nitrogens with two attached hydrogens (primary N) is 1. The van der Waals surface area contributed by atoms with Gasteiger partial charge in [-0.3, -0.25) is 4.90 Å². The molecule has 2 unspecified atom stereocenters. The second-order valence-corrected chi connectivity index (χ2v) is 7.59. The van der Waals surface area contributed by atoms with Crippen LogP contribution in [0.3, 0.4) is 0 Å². The van der Waals surface area contributed by atoms with Crippen LogP contribution in [0.15, 0.2) is 36.5 Å². The van der Waals surface area contributed by atoms with E-state index < -0.39 is 23.8 Å². The second kappa shape index (κ2) is 6.57. The summed E-state index contributed by atoms with van der Waals surface area (Å²) in [5.41, 5.74) is 7.82. The van der Waals surface area contributed by atoms with Crippen LogP contribution in [0.1, 0.15) is 38.9 Å².